The molecule has 4 rings (SSSR count). The van der Waals surface area contributed by atoms with Crippen molar-refractivity contribution in [1.82, 2.24) is 9.80 Å². The third-order valence-corrected chi connectivity index (χ3v) is 5.98. The maximum absolute atomic E-state index is 4.94. The Labute approximate surface area is 154 Å². The summed E-state index contributed by atoms with van der Waals surface area (Å²) in [4.78, 5) is 14.6. The molecule has 0 N–H and O–H groups in total. The molecule has 2 aliphatic heterocycles. The first kappa shape index (κ1) is 16.6. The smallest absolute Gasteiger partial charge is 0.106 e. The molecule has 5 heteroatoms. The first-order chi connectivity index (χ1) is 12.2. The maximum atomic E-state index is 4.94. The third-order valence-electron chi connectivity index (χ3n) is 4.85. The minimum atomic E-state index is 0.771. The fourth-order valence-corrected chi connectivity index (χ4v) is 4.37. The molecule has 130 valence electrons. The average Bonchev–Trinajstić information content (AvgIpc) is 2.65. The number of likely N-dealkylation sites (N-methyl/N-ethyl adjacent to an activating group) is 1. The molecule has 0 atom stereocenters. The van der Waals surface area contributed by atoms with Gasteiger partial charge in [0.1, 0.15) is 5.84 Å². The summed E-state index contributed by atoms with van der Waals surface area (Å²) in [6.45, 7) is 7.33. The highest BCUT2D eigenvalue weighted by atomic mass is 32.2. The van der Waals surface area contributed by atoms with E-state index in [1.54, 1.807) is 0 Å². The normalized spacial score (nSPS) is 18.8. The van der Waals surface area contributed by atoms with Crippen LogP contribution in [-0.4, -0.2) is 55.5 Å². The zero-order chi connectivity index (χ0) is 17.2. The van der Waals surface area contributed by atoms with Crippen molar-refractivity contribution in [3.8, 4) is 0 Å². The molecule has 0 unspecified atom stereocenters. The van der Waals surface area contributed by atoms with E-state index >= 15 is 0 Å². The largest absolute Gasteiger partial charge is 0.304 e. The summed E-state index contributed by atoms with van der Waals surface area (Å²) in [6.07, 6.45) is 0. The summed E-state index contributed by atoms with van der Waals surface area (Å²) in [5, 5.41) is 0. The number of aliphatic imine (C=N–C) groups is 1. The van der Waals surface area contributed by atoms with Gasteiger partial charge in [0.05, 0.1) is 18.0 Å². The van der Waals surface area contributed by atoms with Crippen LogP contribution in [0.3, 0.4) is 0 Å². The van der Waals surface area contributed by atoms with Gasteiger partial charge in [-0.3, -0.25) is 14.8 Å². The molecule has 0 spiro atoms. The van der Waals surface area contributed by atoms with E-state index in [0.717, 1.165) is 38.7 Å². The van der Waals surface area contributed by atoms with Crippen LogP contribution in [0.1, 0.15) is 6.92 Å². The predicted molar refractivity (Wildman–Crippen MR) is 106 cm³/mol. The Morgan fingerprint density at radius 1 is 0.920 bits per heavy atom. The molecule has 25 heavy (non-hydrogen) atoms. The van der Waals surface area contributed by atoms with E-state index < -0.39 is 0 Å². The third kappa shape index (κ3) is 3.45. The van der Waals surface area contributed by atoms with Gasteiger partial charge in [-0.15, -0.1) is 0 Å². The molecule has 1 fully saturated rings. The highest BCUT2D eigenvalue weighted by molar-refractivity contribution is 7.99. The van der Waals surface area contributed by atoms with Crippen molar-refractivity contribution < 1.29 is 0 Å². The molecule has 1 saturated heterocycles. The fourth-order valence-electron chi connectivity index (χ4n) is 3.32. The number of amidine groups is 1. The van der Waals surface area contributed by atoms with Crippen LogP contribution in [0.5, 0.6) is 0 Å². The Morgan fingerprint density at radius 2 is 1.48 bits per heavy atom. The molecule has 2 heterocycles. The number of para-hydroxylation sites is 2. The topological polar surface area (TPSA) is 22.1 Å². The molecule has 2 aliphatic rings. The van der Waals surface area contributed by atoms with E-state index in [1.165, 1.54) is 21.2 Å². The number of benzene rings is 2. The quantitative estimate of drug-likeness (QED) is 0.603. The van der Waals surface area contributed by atoms with Crippen molar-refractivity contribution in [2.75, 3.05) is 44.8 Å². The van der Waals surface area contributed by atoms with Gasteiger partial charge < -0.3 is 4.90 Å². The summed E-state index contributed by atoms with van der Waals surface area (Å²) in [5.41, 5.74) is 2.46. The van der Waals surface area contributed by atoms with Gasteiger partial charge >= 0.3 is 0 Å². The Balaban J connectivity index is 1.61. The Kier molecular flexibility index (Phi) is 4.79. The molecular weight excluding hydrogens is 328 g/mol. The van der Waals surface area contributed by atoms with Crippen molar-refractivity contribution in [3.05, 3.63) is 48.5 Å². The summed E-state index contributed by atoms with van der Waals surface area (Å²) < 4.78 is 0. The summed E-state index contributed by atoms with van der Waals surface area (Å²) in [5.74, 6) is 1.05. The minimum Gasteiger partial charge on any atom is -0.304 e. The lowest BCUT2D eigenvalue weighted by Gasteiger charge is -2.34. The lowest BCUT2D eigenvalue weighted by molar-refractivity contribution is 0.158. The van der Waals surface area contributed by atoms with Gasteiger partial charge in [0, 0.05) is 36.0 Å². The molecule has 4 nitrogen and oxygen atoms in total. The van der Waals surface area contributed by atoms with Crippen LogP contribution in [0.25, 0.3) is 0 Å². The standard InChI is InChI=1S/C20H24N4S/c1-16(21-15-23-13-11-22(2)12-14-23)24-17-7-3-5-9-19(17)25-20-10-6-4-8-18(20)24/h3-10H,11-15H2,1-2H3/b21-16+. The van der Waals surface area contributed by atoms with Gasteiger partial charge in [-0.2, -0.15) is 0 Å². The SMILES string of the molecule is C/C(=N\CN1CCN(C)CC1)N1c2ccccc2Sc2ccccc21. The Hall–Kier alpha value is -1.82. The number of hydrogen-bond acceptors (Lipinski definition) is 4. The molecule has 0 aromatic heterocycles. The van der Waals surface area contributed by atoms with Crippen molar-refractivity contribution in [1.29, 1.82) is 0 Å². The second-order valence-electron chi connectivity index (χ2n) is 6.64. The highest BCUT2D eigenvalue weighted by Gasteiger charge is 2.24. The van der Waals surface area contributed by atoms with E-state index in [9.17, 15) is 0 Å². The maximum Gasteiger partial charge on any atom is 0.106 e. The Morgan fingerprint density at radius 3 is 2.08 bits per heavy atom. The van der Waals surface area contributed by atoms with Crippen LogP contribution in [-0.2, 0) is 0 Å². The van der Waals surface area contributed by atoms with Crippen LogP contribution in [0.2, 0.25) is 0 Å². The zero-order valence-electron chi connectivity index (χ0n) is 14.9. The highest BCUT2D eigenvalue weighted by Crippen LogP contribution is 2.47. The second kappa shape index (κ2) is 7.20. The minimum absolute atomic E-state index is 0.771. The van der Waals surface area contributed by atoms with Gasteiger partial charge in [0.2, 0.25) is 0 Å². The van der Waals surface area contributed by atoms with Crippen LogP contribution in [0, 0.1) is 0 Å². The molecular formula is C20H24N4S. The van der Waals surface area contributed by atoms with Gasteiger partial charge in [0.15, 0.2) is 0 Å². The first-order valence-electron chi connectivity index (χ1n) is 8.80. The summed E-state index contributed by atoms with van der Waals surface area (Å²) in [7, 11) is 2.19. The van der Waals surface area contributed by atoms with Gasteiger partial charge in [-0.1, -0.05) is 36.0 Å². The Bertz CT molecular complexity index is 735. The van der Waals surface area contributed by atoms with Crippen LogP contribution in [0.4, 0.5) is 11.4 Å². The van der Waals surface area contributed by atoms with Crippen LogP contribution in [0.15, 0.2) is 63.3 Å². The molecule has 2 aromatic rings. The van der Waals surface area contributed by atoms with E-state index in [2.05, 4.69) is 77.2 Å². The van der Waals surface area contributed by atoms with E-state index in [-0.39, 0.29) is 0 Å². The summed E-state index contributed by atoms with van der Waals surface area (Å²) >= 11 is 1.84. The van der Waals surface area contributed by atoms with Gasteiger partial charge in [0.25, 0.3) is 0 Å². The van der Waals surface area contributed by atoms with Crippen LogP contribution >= 0.6 is 11.8 Å². The number of anilines is 2. The molecule has 2 aromatic carbocycles. The van der Waals surface area contributed by atoms with Crippen LogP contribution < -0.4 is 4.90 Å². The average molecular weight is 353 g/mol. The summed E-state index contributed by atoms with van der Waals surface area (Å²) in [6, 6.07) is 17.2. The van der Waals surface area contributed by atoms with Crippen molar-refractivity contribution >= 4 is 29.0 Å². The van der Waals surface area contributed by atoms with E-state index in [4.69, 9.17) is 4.99 Å². The zero-order valence-corrected chi connectivity index (χ0v) is 15.7. The molecule has 0 aliphatic carbocycles. The van der Waals surface area contributed by atoms with Gasteiger partial charge in [-0.05, 0) is 38.2 Å². The predicted octanol–water partition coefficient (Wildman–Crippen LogP) is 3.91. The number of nitrogens with zero attached hydrogens (tertiary/aromatic N) is 4. The molecule has 0 saturated carbocycles. The number of piperazine rings is 1. The molecule has 0 amide bonds. The van der Waals surface area contributed by atoms with E-state index in [0.29, 0.717) is 0 Å². The fraction of sp³-hybridized carbons (Fsp3) is 0.350. The lowest BCUT2D eigenvalue weighted by atomic mass is 10.2. The molecule has 0 radical (unpaired) electrons. The van der Waals surface area contributed by atoms with Crippen molar-refractivity contribution in [2.24, 2.45) is 4.99 Å². The number of fused-ring (bicyclic) bond motifs is 2. The van der Waals surface area contributed by atoms with E-state index in [1.807, 2.05) is 11.8 Å². The molecule has 0 bridgehead atoms. The first-order valence-corrected chi connectivity index (χ1v) is 9.62. The number of hydrogen-bond donors (Lipinski definition) is 0. The van der Waals surface area contributed by atoms with Crippen molar-refractivity contribution in [3.63, 3.8) is 0 Å². The lowest BCUT2D eigenvalue weighted by Crippen LogP contribution is -2.44. The monoisotopic (exact) mass is 352 g/mol. The van der Waals surface area contributed by atoms with Gasteiger partial charge in [-0.25, -0.2) is 0 Å². The van der Waals surface area contributed by atoms with Crippen molar-refractivity contribution in [2.45, 2.75) is 16.7 Å². The second-order valence-corrected chi connectivity index (χ2v) is 7.72. The number of rotatable bonds is 2.